The lowest BCUT2D eigenvalue weighted by Crippen LogP contribution is -2.23. The van der Waals surface area contributed by atoms with E-state index in [2.05, 4.69) is 20.9 Å². The number of hydrogen-bond acceptors (Lipinski definition) is 3. The average molecular weight is 372 g/mol. The third-order valence-electron chi connectivity index (χ3n) is 3.42. The highest BCUT2D eigenvalue weighted by molar-refractivity contribution is 9.10. The summed E-state index contributed by atoms with van der Waals surface area (Å²) in [5, 5.41) is 0. The predicted octanol–water partition coefficient (Wildman–Crippen LogP) is 3.61. The molecule has 1 aliphatic rings. The van der Waals surface area contributed by atoms with E-state index in [0.717, 1.165) is 12.1 Å². The number of carbonyl (C=O) groups excluding carboxylic acids is 1. The van der Waals surface area contributed by atoms with Gasteiger partial charge in [0.05, 0.1) is 22.3 Å². The number of aromatic nitrogens is 1. The Morgan fingerprint density at radius 2 is 2.05 bits per heavy atom. The summed E-state index contributed by atoms with van der Waals surface area (Å²) in [6, 6.07) is 4.61. The zero-order valence-electron chi connectivity index (χ0n) is 11.0. The zero-order chi connectivity index (χ0) is 16.1. The third-order valence-corrected chi connectivity index (χ3v) is 4.06. The molecule has 2 N–H and O–H groups in total. The van der Waals surface area contributed by atoms with Crippen LogP contribution in [0.4, 0.5) is 24.5 Å². The van der Waals surface area contributed by atoms with Crippen molar-refractivity contribution in [3.63, 3.8) is 0 Å². The molecule has 2 heterocycles. The number of amides is 1. The molecule has 0 saturated carbocycles. The maximum absolute atomic E-state index is 12.8. The molecule has 1 aromatic heterocycles. The number of alkyl halides is 3. The minimum absolute atomic E-state index is 0.0910. The Kier molecular flexibility index (Phi) is 3.36. The van der Waals surface area contributed by atoms with Gasteiger partial charge in [0.2, 0.25) is 0 Å². The van der Waals surface area contributed by atoms with Gasteiger partial charge in [0.25, 0.3) is 5.91 Å². The quantitative estimate of drug-likeness (QED) is 0.832. The highest BCUT2D eigenvalue weighted by Crippen LogP contribution is 2.36. The van der Waals surface area contributed by atoms with Gasteiger partial charge >= 0.3 is 6.18 Å². The molecule has 0 fully saturated rings. The number of nitrogens with zero attached hydrogens (tertiary/aromatic N) is 2. The molecule has 0 saturated heterocycles. The second kappa shape index (κ2) is 4.98. The van der Waals surface area contributed by atoms with E-state index in [9.17, 15) is 18.0 Å². The Hall–Kier alpha value is -2.09. The van der Waals surface area contributed by atoms with E-state index in [-0.39, 0.29) is 17.9 Å². The summed E-state index contributed by atoms with van der Waals surface area (Å²) in [7, 11) is 0. The van der Waals surface area contributed by atoms with Crippen molar-refractivity contribution in [3.8, 4) is 0 Å². The van der Waals surface area contributed by atoms with E-state index >= 15 is 0 Å². The number of pyridine rings is 1. The monoisotopic (exact) mass is 371 g/mol. The van der Waals surface area contributed by atoms with Gasteiger partial charge < -0.3 is 10.6 Å². The van der Waals surface area contributed by atoms with Gasteiger partial charge in [0, 0.05) is 17.4 Å². The van der Waals surface area contributed by atoms with Crippen molar-refractivity contribution >= 4 is 33.2 Å². The fraction of sp³-hybridized carbons (Fsp3) is 0.143. The predicted molar refractivity (Wildman–Crippen MR) is 78.3 cm³/mol. The molecule has 1 aromatic carbocycles. The van der Waals surface area contributed by atoms with Gasteiger partial charge in [-0.15, -0.1) is 0 Å². The molecule has 1 aliphatic heterocycles. The van der Waals surface area contributed by atoms with Crippen molar-refractivity contribution in [2.24, 2.45) is 0 Å². The lowest BCUT2D eigenvalue weighted by atomic mass is 10.2. The van der Waals surface area contributed by atoms with Crippen LogP contribution in [0.2, 0.25) is 0 Å². The summed E-state index contributed by atoms with van der Waals surface area (Å²) in [6.45, 7) is 0.0910. The number of fused-ring (bicyclic) bond motifs is 1. The molecule has 114 valence electrons. The number of halogens is 4. The van der Waals surface area contributed by atoms with Crippen molar-refractivity contribution in [2.75, 3.05) is 10.6 Å². The van der Waals surface area contributed by atoms with E-state index in [4.69, 9.17) is 5.73 Å². The van der Waals surface area contributed by atoms with E-state index in [0.29, 0.717) is 15.7 Å². The molecule has 0 unspecified atom stereocenters. The first-order valence-corrected chi connectivity index (χ1v) is 7.00. The highest BCUT2D eigenvalue weighted by Gasteiger charge is 2.35. The third kappa shape index (κ3) is 2.33. The fourth-order valence-electron chi connectivity index (χ4n) is 2.30. The van der Waals surface area contributed by atoms with Crippen LogP contribution >= 0.6 is 15.9 Å². The Morgan fingerprint density at radius 3 is 2.73 bits per heavy atom. The molecular formula is C14H9BrF3N3O. The largest absolute Gasteiger partial charge is 0.416 e. The zero-order valence-corrected chi connectivity index (χ0v) is 12.6. The van der Waals surface area contributed by atoms with Gasteiger partial charge in [0.15, 0.2) is 0 Å². The maximum Gasteiger partial charge on any atom is 0.416 e. The van der Waals surface area contributed by atoms with Gasteiger partial charge in [0.1, 0.15) is 5.69 Å². The van der Waals surface area contributed by atoms with Crippen molar-refractivity contribution < 1.29 is 18.0 Å². The first-order valence-electron chi connectivity index (χ1n) is 6.21. The number of carbonyl (C=O) groups is 1. The molecule has 0 bridgehead atoms. The van der Waals surface area contributed by atoms with Crippen LogP contribution in [0.1, 0.15) is 21.6 Å². The summed E-state index contributed by atoms with van der Waals surface area (Å²) in [5.41, 5.74) is 6.29. The van der Waals surface area contributed by atoms with E-state index in [1.54, 1.807) is 0 Å². The maximum atomic E-state index is 12.8. The van der Waals surface area contributed by atoms with Crippen molar-refractivity contribution in [3.05, 3.63) is 51.8 Å². The van der Waals surface area contributed by atoms with E-state index < -0.39 is 17.6 Å². The van der Waals surface area contributed by atoms with Crippen LogP contribution in [-0.2, 0) is 12.7 Å². The number of benzene rings is 1. The summed E-state index contributed by atoms with van der Waals surface area (Å²) in [5.74, 6) is -0.464. The lowest BCUT2D eigenvalue weighted by molar-refractivity contribution is -0.137. The fourth-order valence-corrected chi connectivity index (χ4v) is 2.64. The molecule has 1 amide bonds. The molecule has 2 aromatic rings. The Labute approximate surface area is 131 Å². The summed E-state index contributed by atoms with van der Waals surface area (Å²) < 4.78 is 38.9. The molecule has 4 nitrogen and oxygen atoms in total. The minimum Gasteiger partial charge on any atom is -0.397 e. The van der Waals surface area contributed by atoms with Crippen LogP contribution in [0.5, 0.6) is 0 Å². The minimum atomic E-state index is -4.47. The molecule has 22 heavy (non-hydrogen) atoms. The highest BCUT2D eigenvalue weighted by atomic mass is 79.9. The van der Waals surface area contributed by atoms with Gasteiger partial charge in [-0.05, 0) is 34.1 Å². The van der Waals surface area contributed by atoms with Gasteiger partial charge in [-0.1, -0.05) is 6.07 Å². The molecule has 0 aliphatic carbocycles. The average Bonchev–Trinajstić information content (AvgIpc) is 2.80. The van der Waals surface area contributed by atoms with Crippen molar-refractivity contribution in [1.29, 1.82) is 0 Å². The first kappa shape index (κ1) is 14.8. The number of anilines is 2. The second-order valence-corrected chi connectivity index (χ2v) is 5.64. The van der Waals surface area contributed by atoms with E-state index in [1.807, 2.05) is 0 Å². The topological polar surface area (TPSA) is 59.2 Å². The summed E-state index contributed by atoms with van der Waals surface area (Å²) in [6.07, 6.45) is -3.06. The standard InChI is InChI=1S/C14H9BrF3N3O/c15-10-5-20-12-9(11(10)19)6-21(13(12)22)8-3-1-2-7(4-8)14(16,17)18/h1-5H,6H2,(H2,19,20). The molecule has 0 atom stereocenters. The van der Waals surface area contributed by atoms with Crippen LogP contribution in [0.3, 0.4) is 0 Å². The normalized spacial score (nSPS) is 14.4. The second-order valence-electron chi connectivity index (χ2n) is 4.79. The SMILES string of the molecule is Nc1c(Br)cnc2c1CN(c1cccc(C(F)(F)F)c1)C2=O. The van der Waals surface area contributed by atoms with Gasteiger partial charge in [-0.2, -0.15) is 13.2 Å². The molecule has 8 heteroatoms. The van der Waals surface area contributed by atoms with Gasteiger partial charge in [-0.25, -0.2) is 4.98 Å². The Bertz CT molecular complexity index is 776. The molecule has 3 rings (SSSR count). The van der Waals surface area contributed by atoms with Gasteiger partial charge in [-0.3, -0.25) is 4.79 Å². The Morgan fingerprint density at radius 1 is 1.32 bits per heavy atom. The van der Waals surface area contributed by atoms with Crippen molar-refractivity contribution in [1.82, 2.24) is 4.98 Å². The Balaban J connectivity index is 2.02. The van der Waals surface area contributed by atoms with Crippen LogP contribution in [0.15, 0.2) is 34.9 Å². The van der Waals surface area contributed by atoms with E-state index in [1.165, 1.54) is 23.2 Å². The molecule has 0 spiro atoms. The smallest absolute Gasteiger partial charge is 0.397 e. The number of hydrogen-bond donors (Lipinski definition) is 1. The molecule has 0 radical (unpaired) electrons. The van der Waals surface area contributed by atoms with Crippen LogP contribution in [0, 0.1) is 0 Å². The summed E-state index contributed by atoms with van der Waals surface area (Å²) in [4.78, 5) is 17.6. The number of nitrogens with two attached hydrogens (primary N) is 1. The van der Waals surface area contributed by atoms with Crippen LogP contribution < -0.4 is 10.6 Å². The van der Waals surface area contributed by atoms with Crippen LogP contribution in [0.25, 0.3) is 0 Å². The number of rotatable bonds is 1. The first-order chi connectivity index (χ1) is 10.3. The number of nitrogen functional groups attached to an aromatic ring is 1. The molecular weight excluding hydrogens is 363 g/mol. The van der Waals surface area contributed by atoms with Crippen LogP contribution in [-0.4, -0.2) is 10.9 Å². The van der Waals surface area contributed by atoms with Crippen molar-refractivity contribution in [2.45, 2.75) is 12.7 Å². The lowest BCUT2D eigenvalue weighted by Gasteiger charge is -2.17. The summed E-state index contributed by atoms with van der Waals surface area (Å²) >= 11 is 3.22.